The van der Waals surface area contributed by atoms with Crippen molar-refractivity contribution in [3.8, 4) is 0 Å². The van der Waals surface area contributed by atoms with Crippen LogP contribution in [-0.2, 0) is 9.63 Å². The van der Waals surface area contributed by atoms with Crippen LogP contribution >= 0.6 is 0 Å². The molecule has 0 aliphatic carbocycles. The van der Waals surface area contributed by atoms with E-state index in [1.165, 1.54) is 0 Å². The van der Waals surface area contributed by atoms with Gasteiger partial charge in [-0.3, -0.25) is 0 Å². The second-order valence-electron chi connectivity index (χ2n) is 0.796. The predicted octanol–water partition coefficient (Wildman–Crippen LogP) is -1.12. The maximum absolute atomic E-state index is 9.90. The van der Waals surface area contributed by atoms with Crippen LogP contribution < -0.4 is 11.6 Å². The van der Waals surface area contributed by atoms with Gasteiger partial charge in [0.2, 0.25) is 0 Å². The fourth-order valence-corrected chi connectivity index (χ4v) is 0.118. The molecule has 0 saturated heterocycles. The zero-order chi connectivity index (χ0) is 5.70. The SMILES string of the molecule is NC=CC(=O)ON. The number of carbonyl (C=O) groups excluding carboxylic acids is 1. The topological polar surface area (TPSA) is 78.3 Å². The summed E-state index contributed by atoms with van der Waals surface area (Å²) in [5.41, 5.74) is 4.77. The molecule has 0 amide bonds. The van der Waals surface area contributed by atoms with Gasteiger partial charge in [-0.15, -0.1) is 0 Å². The largest absolute Gasteiger partial charge is 0.404 e. The Bertz CT molecular complexity index is 88.9. The first-order valence-electron chi connectivity index (χ1n) is 1.60. The third-order valence-electron chi connectivity index (χ3n) is 0.348. The van der Waals surface area contributed by atoms with Gasteiger partial charge in [0.15, 0.2) is 0 Å². The molecule has 0 aliphatic rings. The highest BCUT2D eigenvalue weighted by Crippen LogP contribution is 1.67. The fraction of sp³-hybridized carbons (Fsp3) is 0. The van der Waals surface area contributed by atoms with Crippen molar-refractivity contribution in [2.45, 2.75) is 0 Å². The Kier molecular flexibility index (Phi) is 2.70. The Labute approximate surface area is 40.7 Å². The van der Waals surface area contributed by atoms with E-state index in [2.05, 4.69) is 10.7 Å². The second kappa shape index (κ2) is 3.17. The van der Waals surface area contributed by atoms with Crippen LogP contribution in [0.4, 0.5) is 0 Å². The van der Waals surface area contributed by atoms with Gasteiger partial charge in [-0.1, -0.05) is 0 Å². The highest BCUT2D eigenvalue weighted by Gasteiger charge is 1.86. The minimum Gasteiger partial charge on any atom is -0.404 e. The molecule has 4 heteroatoms. The maximum atomic E-state index is 9.90. The molecular formula is C3H6N2O2. The van der Waals surface area contributed by atoms with Gasteiger partial charge < -0.3 is 10.6 Å². The fourth-order valence-electron chi connectivity index (χ4n) is 0.118. The monoisotopic (exact) mass is 102 g/mol. The lowest BCUT2D eigenvalue weighted by Crippen LogP contribution is -2.06. The lowest BCUT2D eigenvalue weighted by atomic mass is 10.6. The van der Waals surface area contributed by atoms with Gasteiger partial charge in [-0.2, -0.15) is 5.90 Å². The van der Waals surface area contributed by atoms with Crippen LogP contribution in [0.15, 0.2) is 12.3 Å². The van der Waals surface area contributed by atoms with Gasteiger partial charge in [0, 0.05) is 12.3 Å². The number of rotatable bonds is 1. The molecule has 0 aromatic rings. The van der Waals surface area contributed by atoms with E-state index in [0.29, 0.717) is 0 Å². The molecular weight excluding hydrogens is 96.0 g/mol. The lowest BCUT2D eigenvalue weighted by Gasteiger charge is -1.83. The molecule has 0 spiro atoms. The Morgan fingerprint density at radius 3 is 2.43 bits per heavy atom. The minimum atomic E-state index is -0.650. The molecule has 0 bridgehead atoms. The minimum absolute atomic E-state index is 0.650. The molecule has 0 radical (unpaired) electrons. The van der Waals surface area contributed by atoms with Crippen molar-refractivity contribution >= 4 is 5.97 Å². The summed E-state index contributed by atoms with van der Waals surface area (Å²) in [4.78, 5) is 13.6. The molecule has 4 N–H and O–H groups in total. The first-order chi connectivity index (χ1) is 3.31. The van der Waals surface area contributed by atoms with Crippen molar-refractivity contribution in [3.05, 3.63) is 12.3 Å². The predicted molar refractivity (Wildman–Crippen MR) is 23.6 cm³/mol. The van der Waals surface area contributed by atoms with E-state index in [0.717, 1.165) is 12.3 Å². The normalized spacial score (nSPS) is 9.29. The van der Waals surface area contributed by atoms with Gasteiger partial charge in [0.1, 0.15) is 0 Å². The molecule has 0 atom stereocenters. The standard InChI is InChI=1S/C3H6N2O2/c4-2-1-3(6)7-5/h1-2H,4-5H2. The highest BCUT2D eigenvalue weighted by atomic mass is 16.7. The van der Waals surface area contributed by atoms with Crippen molar-refractivity contribution in [1.82, 2.24) is 0 Å². The number of carbonyl (C=O) groups is 1. The van der Waals surface area contributed by atoms with Crippen LogP contribution in [0.3, 0.4) is 0 Å². The van der Waals surface area contributed by atoms with Crippen molar-refractivity contribution in [3.63, 3.8) is 0 Å². The van der Waals surface area contributed by atoms with Crippen molar-refractivity contribution < 1.29 is 9.63 Å². The summed E-state index contributed by atoms with van der Waals surface area (Å²) >= 11 is 0. The summed E-state index contributed by atoms with van der Waals surface area (Å²) in [7, 11) is 0. The molecule has 7 heavy (non-hydrogen) atoms. The number of hydrogen-bond acceptors (Lipinski definition) is 4. The third-order valence-corrected chi connectivity index (χ3v) is 0.348. The zero-order valence-corrected chi connectivity index (χ0v) is 3.63. The average molecular weight is 102 g/mol. The molecule has 0 saturated carbocycles. The summed E-state index contributed by atoms with van der Waals surface area (Å²) < 4.78 is 0. The van der Waals surface area contributed by atoms with Gasteiger partial charge in [0.25, 0.3) is 0 Å². The van der Waals surface area contributed by atoms with E-state index in [1.807, 2.05) is 0 Å². The molecule has 0 aliphatic heterocycles. The third kappa shape index (κ3) is 2.78. The zero-order valence-electron chi connectivity index (χ0n) is 3.63. The summed E-state index contributed by atoms with van der Waals surface area (Å²) in [6.07, 6.45) is 2.06. The first kappa shape index (κ1) is 5.97. The van der Waals surface area contributed by atoms with Crippen LogP contribution in [0.5, 0.6) is 0 Å². The first-order valence-corrected chi connectivity index (χ1v) is 1.60. The smallest absolute Gasteiger partial charge is 0.350 e. The van der Waals surface area contributed by atoms with E-state index in [1.54, 1.807) is 0 Å². The second-order valence-corrected chi connectivity index (χ2v) is 0.796. The van der Waals surface area contributed by atoms with Crippen LogP contribution in [0.25, 0.3) is 0 Å². The quantitative estimate of drug-likeness (QED) is 0.324. The maximum Gasteiger partial charge on any atom is 0.350 e. The van der Waals surface area contributed by atoms with E-state index >= 15 is 0 Å². The van der Waals surface area contributed by atoms with E-state index < -0.39 is 5.97 Å². The van der Waals surface area contributed by atoms with Gasteiger partial charge in [-0.25, -0.2) is 4.79 Å². The highest BCUT2D eigenvalue weighted by molar-refractivity contribution is 5.81. The van der Waals surface area contributed by atoms with Gasteiger partial charge >= 0.3 is 5.97 Å². The summed E-state index contributed by atoms with van der Waals surface area (Å²) in [5, 5.41) is 0. The molecule has 0 aromatic carbocycles. The van der Waals surface area contributed by atoms with E-state index in [-0.39, 0.29) is 0 Å². The Morgan fingerprint density at radius 2 is 2.29 bits per heavy atom. The summed E-state index contributed by atoms with van der Waals surface area (Å²) in [6.45, 7) is 0. The lowest BCUT2D eigenvalue weighted by molar-refractivity contribution is -0.138. The number of nitrogens with two attached hydrogens (primary N) is 2. The van der Waals surface area contributed by atoms with Crippen LogP contribution in [-0.4, -0.2) is 5.97 Å². The number of hydrogen-bond donors (Lipinski definition) is 2. The molecule has 4 nitrogen and oxygen atoms in total. The van der Waals surface area contributed by atoms with Crippen molar-refractivity contribution in [2.75, 3.05) is 0 Å². The summed E-state index contributed by atoms with van der Waals surface area (Å²) in [6, 6.07) is 0. The van der Waals surface area contributed by atoms with Crippen LogP contribution in [0, 0.1) is 0 Å². The van der Waals surface area contributed by atoms with Crippen LogP contribution in [0.2, 0.25) is 0 Å². The van der Waals surface area contributed by atoms with Gasteiger partial charge in [-0.05, 0) is 0 Å². The van der Waals surface area contributed by atoms with E-state index in [9.17, 15) is 4.79 Å². The Hall–Kier alpha value is -1.03. The molecule has 40 valence electrons. The summed E-state index contributed by atoms with van der Waals surface area (Å²) in [5.74, 6) is 3.75. The van der Waals surface area contributed by atoms with Crippen molar-refractivity contribution in [1.29, 1.82) is 0 Å². The Morgan fingerprint density at radius 1 is 1.71 bits per heavy atom. The Balaban J connectivity index is 3.37. The molecule has 0 aromatic heterocycles. The average Bonchev–Trinajstić information content (AvgIpc) is 1.68. The molecule has 0 unspecified atom stereocenters. The molecule has 0 rings (SSSR count). The van der Waals surface area contributed by atoms with E-state index in [4.69, 9.17) is 5.73 Å². The van der Waals surface area contributed by atoms with Gasteiger partial charge in [0.05, 0.1) is 0 Å². The van der Waals surface area contributed by atoms with Crippen LogP contribution in [0.1, 0.15) is 0 Å². The molecule has 0 heterocycles. The molecule has 0 fully saturated rings. The van der Waals surface area contributed by atoms with Crippen molar-refractivity contribution in [2.24, 2.45) is 11.6 Å².